The largest absolute Gasteiger partial charge is 0.381 e. The first-order valence-corrected chi connectivity index (χ1v) is 5.90. The van der Waals surface area contributed by atoms with E-state index in [4.69, 9.17) is 10.3 Å². The molecule has 0 unspecified atom stereocenters. The molecular weight excluding hydrogens is 298 g/mol. The Morgan fingerprint density at radius 2 is 2.17 bits per heavy atom. The molecule has 0 spiro atoms. The number of nitrogen functional groups attached to an aromatic ring is 1. The summed E-state index contributed by atoms with van der Waals surface area (Å²) in [6.07, 6.45) is 3.11. The van der Waals surface area contributed by atoms with Gasteiger partial charge in [0, 0.05) is 16.1 Å². The molecule has 0 atom stereocenters. The van der Waals surface area contributed by atoms with Crippen LogP contribution in [0.25, 0.3) is 17.0 Å². The van der Waals surface area contributed by atoms with Crippen LogP contribution in [0.5, 0.6) is 0 Å². The minimum Gasteiger partial charge on any atom is -0.381 e. The van der Waals surface area contributed by atoms with Crippen molar-refractivity contribution in [2.24, 2.45) is 0 Å². The van der Waals surface area contributed by atoms with Crippen LogP contribution < -0.4 is 5.73 Å². The van der Waals surface area contributed by atoms with Gasteiger partial charge in [-0.15, -0.1) is 0 Å². The van der Waals surface area contributed by atoms with Crippen LogP contribution in [0.15, 0.2) is 45.9 Å². The van der Waals surface area contributed by atoms with Crippen LogP contribution in [0.2, 0.25) is 0 Å². The molecule has 6 nitrogen and oxygen atoms in total. The van der Waals surface area contributed by atoms with Crippen molar-refractivity contribution in [3.05, 3.63) is 41.4 Å². The Balaban J connectivity index is 2.04. The van der Waals surface area contributed by atoms with Gasteiger partial charge in [0.25, 0.3) is 0 Å². The zero-order valence-corrected chi connectivity index (χ0v) is 10.7. The number of hydrogen-bond acceptors (Lipinski definition) is 5. The molecule has 0 saturated carbocycles. The fourth-order valence-corrected chi connectivity index (χ4v) is 2.16. The summed E-state index contributed by atoms with van der Waals surface area (Å²) < 4.78 is 7.65. The van der Waals surface area contributed by atoms with Gasteiger partial charge in [0.15, 0.2) is 11.6 Å². The second kappa shape index (κ2) is 4.26. The summed E-state index contributed by atoms with van der Waals surface area (Å²) in [6.45, 7) is 0. The first-order valence-electron chi connectivity index (χ1n) is 5.11. The highest BCUT2D eigenvalue weighted by Crippen LogP contribution is 2.28. The number of anilines is 1. The number of hydrogen-bond donors (Lipinski definition) is 1. The molecule has 18 heavy (non-hydrogen) atoms. The maximum Gasteiger partial charge on any atom is 0.169 e. The van der Waals surface area contributed by atoms with Gasteiger partial charge >= 0.3 is 0 Å². The molecule has 0 aliphatic carbocycles. The molecule has 2 N–H and O–H groups in total. The van der Waals surface area contributed by atoms with Crippen molar-refractivity contribution in [1.82, 2.24) is 19.9 Å². The molecule has 0 bridgehead atoms. The molecule has 0 radical (unpaired) electrons. The summed E-state index contributed by atoms with van der Waals surface area (Å²) >= 11 is 3.49. The van der Waals surface area contributed by atoms with Crippen LogP contribution in [0.3, 0.4) is 0 Å². The third kappa shape index (κ3) is 1.88. The van der Waals surface area contributed by atoms with Crippen LogP contribution in [0.4, 0.5) is 5.82 Å². The van der Waals surface area contributed by atoms with Crippen LogP contribution >= 0.6 is 15.9 Å². The van der Waals surface area contributed by atoms with Crippen molar-refractivity contribution in [3.8, 4) is 17.0 Å². The molecule has 90 valence electrons. The van der Waals surface area contributed by atoms with E-state index in [2.05, 4.69) is 31.2 Å². The van der Waals surface area contributed by atoms with Crippen molar-refractivity contribution in [2.45, 2.75) is 0 Å². The van der Waals surface area contributed by atoms with E-state index in [0.717, 1.165) is 15.7 Å². The van der Waals surface area contributed by atoms with E-state index in [1.54, 1.807) is 17.1 Å². The van der Waals surface area contributed by atoms with Gasteiger partial charge in [-0.1, -0.05) is 5.16 Å². The van der Waals surface area contributed by atoms with Crippen molar-refractivity contribution in [1.29, 1.82) is 0 Å². The second-order valence-corrected chi connectivity index (χ2v) is 4.48. The predicted molar refractivity (Wildman–Crippen MR) is 69.0 cm³/mol. The van der Waals surface area contributed by atoms with Gasteiger partial charge in [-0.25, -0.2) is 9.67 Å². The fraction of sp³-hybridized carbons (Fsp3) is 0. The Hall–Kier alpha value is -2.15. The second-order valence-electron chi connectivity index (χ2n) is 3.62. The Morgan fingerprint density at radius 1 is 1.28 bits per heavy atom. The predicted octanol–water partition coefficient (Wildman–Crippen LogP) is 2.27. The number of aromatic nitrogens is 4. The van der Waals surface area contributed by atoms with Crippen LogP contribution in [0, 0.1) is 0 Å². The topological polar surface area (TPSA) is 82.8 Å². The first kappa shape index (κ1) is 11.0. The fourth-order valence-electron chi connectivity index (χ4n) is 1.60. The highest BCUT2D eigenvalue weighted by Gasteiger charge is 2.09. The molecule has 3 aromatic rings. The number of nitrogens with zero attached hydrogens (tertiary/aromatic N) is 4. The Kier molecular flexibility index (Phi) is 2.60. The maximum absolute atomic E-state index is 5.52. The SMILES string of the molecule is Nc1cc(-c2ccc(-n3cncn3)c(Br)c2)on1. The van der Waals surface area contributed by atoms with E-state index in [9.17, 15) is 0 Å². The summed E-state index contributed by atoms with van der Waals surface area (Å²) in [5.41, 5.74) is 7.30. The minimum atomic E-state index is 0.362. The number of rotatable bonds is 2. The van der Waals surface area contributed by atoms with E-state index in [0.29, 0.717) is 11.6 Å². The molecule has 0 aliphatic rings. The number of halogens is 1. The van der Waals surface area contributed by atoms with Crippen LogP contribution in [0.1, 0.15) is 0 Å². The summed E-state index contributed by atoms with van der Waals surface area (Å²) in [5.74, 6) is 0.986. The highest BCUT2D eigenvalue weighted by atomic mass is 79.9. The summed E-state index contributed by atoms with van der Waals surface area (Å²) in [6, 6.07) is 7.41. The average Bonchev–Trinajstić information content (AvgIpc) is 2.99. The standard InChI is InChI=1S/C11H8BrN5O/c12-8-3-7(10-4-11(13)16-18-10)1-2-9(8)17-6-14-5-15-17/h1-6H,(H2,13,16). The lowest BCUT2D eigenvalue weighted by atomic mass is 10.1. The lowest BCUT2D eigenvalue weighted by molar-refractivity contribution is 0.436. The number of nitrogens with two attached hydrogens (primary N) is 1. The zero-order chi connectivity index (χ0) is 12.5. The first-order chi connectivity index (χ1) is 8.74. The van der Waals surface area contributed by atoms with Crippen molar-refractivity contribution in [3.63, 3.8) is 0 Å². The lowest BCUT2D eigenvalue weighted by Gasteiger charge is -2.04. The van der Waals surface area contributed by atoms with Gasteiger partial charge in [0.05, 0.1) is 5.69 Å². The molecule has 1 aromatic carbocycles. The molecule has 0 aliphatic heterocycles. The van der Waals surface area contributed by atoms with Crippen LogP contribution in [-0.4, -0.2) is 19.9 Å². The molecule has 0 fully saturated rings. The van der Waals surface area contributed by atoms with E-state index >= 15 is 0 Å². The van der Waals surface area contributed by atoms with Gasteiger partial charge in [0.2, 0.25) is 0 Å². The average molecular weight is 306 g/mol. The third-order valence-corrected chi connectivity index (χ3v) is 3.06. The summed E-state index contributed by atoms with van der Waals surface area (Å²) in [4.78, 5) is 3.91. The molecule has 7 heteroatoms. The Bertz CT molecular complexity index is 677. The smallest absolute Gasteiger partial charge is 0.169 e. The molecule has 0 saturated heterocycles. The van der Waals surface area contributed by atoms with E-state index in [1.165, 1.54) is 6.33 Å². The van der Waals surface area contributed by atoms with Gasteiger partial charge in [-0.3, -0.25) is 0 Å². The molecule has 3 rings (SSSR count). The monoisotopic (exact) mass is 305 g/mol. The molecule has 0 amide bonds. The summed E-state index contributed by atoms with van der Waals surface area (Å²) in [5, 5.41) is 7.73. The normalized spacial score (nSPS) is 10.7. The van der Waals surface area contributed by atoms with Gasteiger partial charge in [-0.05, 0) is 34.1 Å². The zero-order valence-electron chi connectivity index (χ0n) is 9.12. The highest BCUT2D eigenvalue weighted by molar-refractivity contribution is 9.10. The van der Waals surface area contributed by atoms with Gasteiger partial charge in [-0.2, -0.15) is 5.10 Å². The summed E-state index contributed by atoms with van der Waals surface area (Å²) in [7, 11) is 0. The van der Waals surface area contributed by atoms with Crippen LogP contribution in [-0.2, 0) is 0 Å². The Morgan fingerprint density at radius 3 is 2.78 bits per heavy atom. The molecule has 2 heterocycles. The van der Waals surface area contributed by atoms with Crippen molar-refractivity contribution in [2.75, 3.05) is 5.73 Å². The maximum atomic E-state index is 5.52. The Labute approximate surface area is 111 Å². The third-order valence-electron chi connectivity index (χ3n) is 2.43. The molecular formula is C11H8BrN5O. The van der Waals surface area contributed by atoms with E-state index in [1.807, 2.05) is 18.2 Å². The minimum absolute atomic E-state index is 0.362. The van der Waals surface area contributed by atoms with E-state index < -0.39 is 0 Å². The van der Waals surface area contributed by atoms with E-state index in [-0.39, 0.29) is 0 Å². The quantitative estimate of drug-likeness (QED) is 0.785. The number of benzene rings is 1. The lowest BCUT2D eigenvalue weighted by Crippen LogP contribution is -1.95. The van der Waals surface area contributed by atoms with Crippen molar-refractivity contribution < 1.29 is 4.52 Å². The van der Waals surface area contributed by atoms with Gasteiger partial charge < -0.3 is 10.3 Å². The molecule has 2 aromatic heterocycles. The van der Waals surface area contributed by atoms with Gasteiger partial charge in [0.1, 0.15) is 12.7 Å². The van der Waals surface area contributed by atoms with Crippen molar-refractivity contribution >= 4 is 21.7 Å².